The summed E-state index contributed by atoms with van der Waals surface area (Å²) in [5.74, 6) is -2.28. The third kappa shape index (κ3) is 5.97. The number of hydrogen-bond donors (Lipinski definition) is 1. The molecule has 0 atom stereocenters. The first-order chi connectivity index (χ1) is 15.7. The van der Waals surface area contributed by atoms with E-state index in [0.717, 1.165) is 29.8 Å². The maximum absolute atomic E-state index is 14.1. The molecule has 10 heteroatoms. The van der Waals surface area contributed by atoms with Gasteiger partial charge in [0.05, 0.1) is 5.56 Å². The summed E-state index contributed by atoms with van der Waals surface area (Å²) >= 11 is 0. The molecule has 0 saturated heterocycles. The van der Waals surface area contributed by atoms with Gasteiger partial charge in [-0.1, -0.05) is 65.8 Å². The first-order valence-corrected chi connectivity index (χ1v) is 10.6. The summed E-state index contributed by atoms with van der Waals surface area (Å²) in [4.78, 5) is 24.6. The number of rotatable bonds is 4. The highest BCUT2D eigenvalue weighted by Gasteiger charge is 2.75. The van der Waals surface area contributed by atoms with Gasteiger partial charge in [0.15, 0.2) is 0 Å². The zero-order valence-corrected chi connectivity index (χ0v) is 20.1. The van der Waals surface area contributed by atoms with Gasteiger partial charge < -0.3 is 10.1 Å². The summed E-state index contributed by atoms with van der Waals surface area (Å²) in [6.45, 7) is 10.3. The van der Waals surface area contributed by atoms with E-state index in [9.17, 15) is 35.9 Å². The van der Waals surface area contributed by atoms with Crippen LogP contribution in [0.25, 0.3) is 0 Å². The largest absolute Gasteiger partial charge is 0.442 e. The summed E-state index contributed by atoms with van der Waals surface area (Å²) in [7, 11) is 0. The lowest BCUT2D eigenvalue weighted by Crippen LogP contribution is -2.56. The van der Waals surface area contributed by atoms with Crippen LogP contribution in [-0.4, -0.2) is 24.2 Å². The molecule has 0 aromatic heterocycles. The molecule has 35 heavy (non-hydrogen) atoms. The van der Waals surface area contributed by atoms with Crippen molar-refractivity contribution in [3.63, 3.8) is 0 Å². The first-order valence-electron chi connectivity index (χ1n) is 10.6. The molecule has 0 spiro atoms. The second kappa shape index (κ2) is 9.20. The molecule has 4 nitrogen and oxygen atoms in total. The molecule has 0 saturated carbocycles. The van der Waals surface area contributed by atoms with Crippen molar-refractivity contribution in [3.05, 3.63) is 65.2 Å². The number of halogens is 6. The van der Waals surface area contributed by atoms with Crippen LogP contribution in [0, 0.1) is 5.41 Å². The van der Waals surface area contributed by atoms with E-state index in [1.807, 2.05) is 20.8 Å². The fourth-order valence-electron chi connectivity index (χ4n) is 3.07. The topological polar surface area (TPSA) is 55.4 Å². The summed E-state index contributed by atoms with van der Waals surface area (Å²) in [6, 6.07) is 7.92. The molecular formula is C25H27F6NO3. The second-order valence-corrected chi connectivity index (χ2v) is 10.2. The molecule has 1 N–H and O–H groups in total. The van der Waals surface area contributed by atoms with Gasteiger partial charge in [-0.15, -0.1) is 0 Å². The van der Waals surface area contributed by atoms with Gasteiger partial charge in [0.2, 0.25) is 5.91 Å². The van der Waals surface area contributed by atoms with Crippen LogP contribution in [0.1, 0.15) is 63.0 Å². The molecule has 1 amide bonds. The van der Waals surface area contributed by atoms with Crippen LogP contribution in [0.4, 0.5) is 32.0 Å². The van der Waals surface area contributed by atoms with Crippen LogP contribution in [-0.2, 0) is 20.5 Å². The Morgan fingerprint density at radius 1 is 0.686 bits per heavy atom. The van der Waals surface area contributed by atoms with Crippen LogP contribution in [0.3, 0.4) is 0 Å². The lowest BCUT2D eigenvalue weighted by Gasteiger charge is -2.37. The van der Waals surface area contributed by atoms with Gasteiger partial charge in [0, 0.05) is 16.7 Å². The number of hydrogen-bond acceptors (Lipinski definition) is 3. The zero-order chi connectivity index (χ0) is 27.0. The first kappa shape index (κ1) is 28.2. The molecule has 2 aromatic carbocycles. The maximum Gasteiger partial charge on any atom is 0.442 e. The summed E-state index contributed by atoms with van der Waals surface area (Å²) in [6.07, 6.45) is -12.1. The van der Waals surface area contributed by atoms with Crippen molar-refractivity contribution < 1.29 is 40.7 Å². The molecule has 2 rings (SSSR count). The van der Waals surface area contributed by atoms with E-state index in [1.165, 1.54) is 12.1 Å². The number of ether oxygens (including phenoxy) is 1. The van der Waals surface area contributed by atoms with Gasteiger partial charge in [0.25, 0.3) is 0 Å². The van der Waals surface area contributed by atoms with Crippen molar-refractivity contribution >= 4 is 17.6 Å². The minimum absolute atomic E-state index is 0.0176. The SMILES string of the molecule is CC(C)(C)C(=O)Nc1ccc(C(OC(=O)c2ccc(C(C)(C)C)cc2)(C(F)(F)F)C(F)(F)F)cc1. The van der Waals surface area contributed by atoms with Crippen molar-refractivity contribution in [1.29, 1.82) is 0 Å². The van der Waals surface area contributed by atoms with Crippen LogP contribution in [0.15, 0.2) is 48.5 Å². The Balaban J connectivity index is 2.52. The van der Waals surface area contributed by atoms with Crippen molar-refractivity contribution in [1.82, 2.24) is 0 Å². The normalized spacial score (nSPS) is 13.4. The number of benzene rings is 2. The smallest absolute Gasteiger partial charge is 0.431 e. The Labute approximate surface area is 199 Å². The highest BCUT2D eigenvalue weighted by atomic mass is 19.4. The predicted molar refractivity (Wildman–Crippen MR) is 119 cm³/mol. The van der Waals surface area contributed by atoms with Crippen LogP contribution < -0.4 is 5.32 Å². The van der Waals surface area contributed by atoms with Gasteiger partial charge in [0.1, 0.15) is 0 Å². The minimum Gasteiger partial charge on any atom is -0.431 e. The third-order valence-electron chi connectivity index (χ3n) is 5.26. The summed E-state index contributed by atoms with van der Waals surface area (Å²) < 4.78 is 88.6. The quantitative estimate of drug-likeness (QED) is 0.356. The second-order valence-electron chi connectivity index (χ2n) is 10.2. The van der Waals surface area contributed by atoms with E-state index in [2.05, 4.69) is 10.1 Å². The lowest BCUT2D eigenvalue weighted by atomic mass is 9.86. The van der Waals surface area contributed by atoms with Gasteiger partial charge in [-0.2, -0.15) is 26.3 Å². The maximum atomic E-state index is 14.1. The fourth-order valence-corrected chi connectivity index (χ4v) is 3.07. The van der Waals surface area contributed by atoms with Gasteiger partial charge >= 0.3 is 23.9 Å². The van der Waals surface area contributed by atoms with E-state index in [1.54, 1.807) is 20.8 Å². The van der Waals surface area contributed by atoms with Crippen molar-refractivity contribution in [2.45, 2.75) is 64.9 Å². The summed E-state index contributed by atoms with van der Waals surface area (Å²) in [5, 5.41) is 2.41. The van der Waals surface area contributed by atoms with Crippen molar-refractivity contribution in [3.8, 4) is 0 Å². The molecule has 0 aliphatic heterocycles. The van der Waals surface area contributed by atoms with Crippen molar-refractivity contribution in [2.75, 3.05) is 5.32 Å². The highest BCUT2D eigenvalue weighted by Crippen LogP contribution is 2.53. The van der Waals surface area contributed by atoms with E-state index in [4.69, 9.17) is 0 Å². The summed E-state index contributed by atoms with van der Waals surface area (Å²) in [5.41, 5.74) is -7.24. The molecule has 2 aromatic rings. The Hall–Kier alpha value is -3.04. The molecule has 0 heterocycles. The van der Waals surface area contributed by atoms with Crippen LogP contribution in [0.2, 0.25) is 0 Å². The van der Waals surface area contributed by atoms with Gasteiger partial charge in [-0.05, 0) is 35.2 Å². The molecular weight excluding hydrogens is 476 g/mol. The molecule has 192 valence electrons. The average Bonchev–Trinajstić information content (AvgIpc) is 2.69. The lowest BCUT2D eigenvalue weighted by molar-refractivity contribution is -0.373. The van der Waals surface area contributed by atoms with E-state index in [-0.39, 0.29) is 11.1 Å². The van der Waals surface area contributed by atoms with E-state index >= 15 is 0 Å². The Kier molecular flexibility index (Phi) is 7.41. The number of esters is 1. The number of nitrogens with one attached hydrogen (secondary N) is 1. The van der Waals surface area contributed by atoms with E-state index in [0.29, 0.717) is 12.1 Å². The van der Waals surface area contributed by atoms with E-state index < -0.39 is 46.4 Å². The zero-order valence-electron chi connectivity index (χ0n) is 20.1. The molecule has 0 radical (unpaired) electrons. The molecule has 0 fully saturated rings. The monoisotopic (exact) mass is 503 g/mol. The number of carbonyl (C=O) groups excluding carboxylic acids is 2. The van der Waals surface area contributed by atoms with Crippen LogP contribution in [0.5, 0.6) is 0 Å². The average molecular weight is 503 g/mol. The highest BCUT2D eigenvalue weighted by molar-refractivity contribution is 5.94. The number of amides is 1. The van der Waals surface area contributed by atoms with Crippen molar-refractivity contribution in [2.24, 2.45) is 5.41 Å². The van der Waals surface area contributed by atoms with Gasteiger partial charge in [-0.25, -0.2) is 4.79 Å². The molecule has 0 bridgehead atoms. The number of carbonyl (C=O) groups is 2. The number of anilines is 1. The molecule has 0 unspecified atom stereocenters. The molecule has 0 aliphatic rings. The predicted octanol–water partition coefficient (Wildman–Crippen LogP) is 7.15. The molecule has 0 aliphatic carbocycles. The number of alkyl halides is 6. The standard InChI is InChI=1S/C25H27F6NO3/c1-21(2,3)16-9-7-15(8-10-16)19(33)35-23(24(26,27)28,25(29,30)31)17-11-13-18(14-12-17)32-20(34)22(4,5)6/h7-14H,1-6H3,(H,32,34). The Bertz CT molecular complexity index is 1040. The van der Waals surface area contributed by atoms with Gasteiger partial charge in [-0.3, -0.25) is 4.79 Å². The fraction of sp³-hybridized carbons (Fsp3) is 0.440. The minimum atomic E-state index is -6.04. The van der Waals surface area contributed by atoms with Crippen LogP contribution >= 0.6 is 0 Å². The third-order valence-corrected chi connectivity index (χ3v) is 5.26. The Morgan fingerprint density at radius 2 is 1.11 bits per heavy atom. The Morgan fingerprint density at radius 3 is 1.49 bits per heavy atom.